The Morgan fingerprint density at radius 3 is 2.33 bits per heavy atom. The molecule has 2 rings (SSSR count). The van der Waals surface area contributed by atoms with Crippen LogP contribution in [-0.2, 0) is 4.74 Å². The maximum absolute atomic E-state index is 5.50. The van der Waals surface area contributed by atoms with Gasteiger partial charge in [-0.15, -0.1) is 0 Å². The Morgan fingerprint density at radius 2 is 1.73 bits per heavy atom. The van der Waals surface area contributed by atoms with Crippen molar-refractivity contribution in [1.82, 2.24) is 4.90 Å². The molecule has 0 bridgehead atoms. The summed E-state index contributed by atoms with van der Waals surface area (Å²) in [7, 11) is 0. The minimum absolute atomic E-state index is 0.339. The van der Waals surface area contributed by atoms with Crippen molar-refractivity contribution in [1.29, 1.82) is 0 Å². The molecule has 2 saturated heterocycles. The second kappa shape index (κ2) is 4.06. The lowest BCUT2D eigenvalue weighted by Gasteiger charge is -2.49. The molecule has 0 aromatic rings. The molecule has 2 fully saturated rings. The first kappa shape index (κ1) is 11.4. The van der Waals surface area contributed by atoms with E-state index in [9.17, 15) is 0 Å². The predicted molar refractivity (Wildman–Crippen MR) is 63.0 cm³/mol. The molecular formula is C13H25NO. The summed E-state index contributed by atoms with van der Waals surface area (Å²) in [6.07, 6.45) is 5.35. The molecule has 0 amide bonds. The standard InChI is InChI=1S/C13H25NO/c1-12(2,3)14-8-4-5-13(11-14)6-9-15-10-7-13/h4-11H2,1-3H3. The highest BCUT2D eigenvalue weighted by molar-refractivity contribution is 4.92. The number of ether oxygens (including phenoxy) is 1. The van der Waals surface area contributed by atoms with E-state index in [1.54, 1.807) is 0 Å². The Hall–Kier alpha value is -0.0800. The molecule has 0 atom stereocenters. The van der Waals surface area contributed by atoms with Crippen LogP contribution in [0.15, 0.2) is 0 Å². The van der Waals surface area contributed by atoms with Crippen molar-refractivity contribution in [3.63, 3.8) is 0 Å². The molecule has 0 radical (unpaired) electrons. The van der Waals surface area contributed by atoms with Gasteiger partial charge < -0.3 is 4.74 Å². The smallest absolute Gasteiger partial charge is 0.0471 e. The highest BCUT2D eigenvalue weighted by atomic mass is 16.5. The van der Waals surface area contributed by atoms with Crippen LogP contribution in [0.4, 0.5) is 0 Å². The molecule has 2 aliphatic rings. The van der Waals surface area contributed by atoms with E-state index in [0.29, 0.717) is 11.0 Å². The molecule has 2 nitrogen and oxygen atoms in total. The van der Waals surface area contributed by atoms with Crippen molar-refractivity contribution in [2.45, 2.75) is 52.0 Å². The van der Waals surface area contributed by atoms with Gasteiger partial charge in [-0.25, -0.2) is 0 Å². The van der Waals surface area contributed by atoms with Gasteiger partial charge in [0.2, 0.25) is 0 Å². The molecule has 0 aliphatic carbocycles. The molecule has 0 saturated carbocycles. The second-order valence-corrected chi connectivity index (χ2v) is 6.31. The van der Waals surface area contributed by atoms with Gasteiger partial charge >= 0.3 is 0 Å². The van der Waals surface area contributed by atoms with Crippen LogP contribution < -0.4 is 0 Å². The summed E-state index contributed by atoms with van der Waals surface area (Å²) in [5.41, 5.74) is 0.926. The van der Waals surface area contributed by atoms with Crippen LogP contribution in [0.1, 0.15) is 46.5 Å². The highest BCUT2D eigenvalue weighted by Gasteiger charge is 2.39. The maximum atomic E-state index is 5.50. The summed E-state index contributed by atoms with van der Waals surface area (Å²) in [5.74, 6) is 0. The molecule has 2 heterocycles. The van der Waals surface area contributed by atoms with Gasteiger partial charge in [0, 0.05) is 25.3 Å². The summed E-state index contributed by atoms with van der Waals surface area (Å²) in [6, 6.07) is 0. The molecule has 0 unspecified atom stereocenters. The van der Waals surface area contributed by atoms with Crippen molar-refractivity contribution in [2.24, 2.45) is 5.41 Å². The Labute approximate surface area is 94.0 Å². The van der Waals surface area contributed by atoms with Crippen molar-refractivity contribution >= 4 is 0 Å². The van der Waals surface area contributed by atoms with E-state index in [1.165, 1.54) is 38.8 Å². The SMILES string of the molecule is CC(C)(C)N1CCCC2(CCOCC2)C1. The van der Waals surface area contributed by atoms with Crippen LogP contribution in [0.3, 0.4) is 0 Å². The monoisotopic (exact) mass is 211 g/mol. The quantitative estimate of drug-likeness (QED) is 0.611. The zero-order valence-electron chi connectivity index (χ0n) is 10.5. The summed E-state index contributed by atoms with van der Waals surface area (Å²) >= 11 is 0. The third-order valence-corrected chi connectivity index (χ3v) is 4.16. The maximum Gasteiger partial charge on any atom is 0.0471 e. The normalized spacial score (nSPS) is 28.2. The van der Waals surface area contributed by atoms with Crippen molar-refractivity contribution in [2.75, 3.05) is 26.3 Å². The summed E-state index contributed by atoms with van der Waals surface area (Å²) < 4.78 is 5.50. The topological polar surface area (TPSA) is 12.5 Å². The van der Waals surface area contributed by atoms with Gasteiger partial charge in [0.05, 0.1) is 0 Å². The first-order chi connectivity index (χ1) is 7.02. The zero-order valence-corrected chi connectivity index (χ0v) is 10.5. The molecule has 0 aromatic carbocycles. The Morgan fingerprint density at radius 1 is 1.07 bits per heavy atom. The number of piperidine rings is 1. The van der Waals surface area contributed by atoms with E-state index in [0.717, 1.165) is 13.2 Å². The Balaban J connectivity index is 2.02. The third-order valence-electron chi connectivity index (χ3n) is 4.16. The van der Waals surface area contributed by atoms with Gasteiger partial charge in [-0.2, -0.15) is 0 Å². The molecule has 0 aromatic heterocycles. The number of rotatable bonds is 0. The predicted octanol–water partition coefficient (Wildman–Crippen LogP) is 2.68. The van der Waals surface area contributed by atoms with Crippen LogP contribution in [0.2, 0.25) is 0 Å². The van der Waals surface area contributed by atoms with E-state index >= 15 is 0 Å². The lowest BCUT2D eigenvalue weighted by molar-refractivity contribution is -0.0483. The summed E-state index contributed by atoms with van der Waals surface area (Å²) in [4.78, 5) is 2.67. The minimum Gasteiger partial charge on any atom is -0.381 e. The van der Waals surface area contributed by atoms with E-state index in [4.69, 9.17) is 4.74 Å². The third kappa shape index (κ3) is 2.54. The average molecular weight is 211 g/mol. The fourth-order valence-electron chi connectivity index (χ4n) is 2.99. The largest absolute Gasteiger partial charge is 0.381 e. The number of hydrogen-bond donors (Lipinski definition) is 0. The molecule has 2 aliphatic heterocycles. The average Bonchev–Trinajstić information content (AvgIpc) is 2.18. The zero-order chi connectivity index (χ0) is 10.9. The van der Waals surface area contributed by atoms with E-state index in [1.807, 2.05) is 0 Å². The molecular weight excluding hydrogens is 186 g/mol. The van der Waals surface area contributed by atoms with Crippen LogP contribution in [0.5, 0.6) is 0 Å². The van der Waals surface area contributed by atoms with Gasteiger partial charge in [0.15, 0.2) is 0 Å². The Kier molecular flexibility index (Phi) is 3.09. The van der Waals surface area contributed by atoms with Crippen molar-refractivity contribution in [3.05, 3.63) is 0 Å². The highest BCUT2D eigenvalue weighted by Crippen LogP contribution is 2.40. The molecule has 2 heteroatoms. The van der Waals surface area contributed by atoms with Crippen LogP contribution >= 0.6 is 0 Å². The Bertz CT molecular complexity index is 208. The van der Waals surface area contributed by atoms with Crippen LogP contribution in [-0.4, -0.2) is 36.7 Å². The van der Waals surface area contributed by atoms with Gasteiger partial charge in [0.25, 0.3) is 0 Å². The van der Waals surface area contributed by atoms with Gasteiger partial charge in [-0.05, 0) is 58.4 Å². The fraction of sp³-hybridized carbons (Fsp3) is 1.00. The van der Waals surface area contributed by atoms with Gasteiger partial charge in [-0.3, -0.25) is 4.90 Å². The number of likely N-dealkylation sites (tertiary alicyclic amines) is 1. The summed E-state index contributed by atoms with van der Waals surface area (Å²) in [5, 5.41) is 0. The van der Waals surface area contributed by atoms with Crippen molar-refractivity contribution < 1.29 is 4.74 Å². The minimum atomic E-state index is 0.339. The summed E-state index contributed by atoms with van der Waals surface area (Å²) in [6.45, 7) is 11.6. The van der Waals surface area contributed by atoms with E-state index < -0.39 is 0 Å². The second-order valence-electron chi connectivity index (χ2n) is 6.31. The van der Waals surface area contributed by atoms with Crippen LogP contribution in [0, 0.1) is 5.41 Å². The van der Waals surface area contributed by atoms with Crippen LogP contribution in [0.25, 0.3) is 0 Å². The fourth-order valence-corrected chi connectivity index (χ4v) is 2.99. The molecule has 1 spiro atoms. The lowest BCUT2D eigenvalue weighted by atomic mass is 9.73. The number of hydrogen-bond acceptors (Lipinski definition) is 2. The first-order valence-corrected chi connectivity index (χ1v) is 6.35. The molecule has 15 heavy (non-hydrogen) atoms. The van der Waals surface area contributed by atoms with Gasteiger partial charge in [0.1, 0.15) is 0 Å². The molecule has 0 N–H and O–H groups in total. The first-order valence-electron chi connectivity index (χ1n) is 6.35. The van der Waals surface area contributed by atoms with E-state index in [2.05, 4.69) is 25.7 Å². The number of nitrogens with zero attached hydrogens (tertiary/aromatic N) is 1. The van der Waals surface area contributed by atoms with Crippen molar-refractivity contribution in [3.8, 4) is 0 Å². The van der Waals surface area contributed by atoms with Gasteiger partial charge in [-0.1, -0.05) is 0 Å². The lowest BCUT2D eigenvalue weighted by Crippen LogP contribution is -2.52. The van der Waals surface area contributed by atoms with E-state index in [-0.39, 0.29) is 0 Å². The molecule has 88 valence electrons.